The van der Waals surface area contributed by atoms with Gasteiger partial charge in [0.15, 0.2) is 0 Å². The Kier molecular flexibility index (Phi) is 34.7. The number of hydrogen-bond donors (Lipinski definition) is 0. The molecule has 0 amide bonds. The van der Waals surface area contributed by atoms with Gasteiger partial charge in [-0.1, -0.05) is 96.9 Å². The second kappa shape index (κ2) is 38.9. The standard InChI is InChI=1S/2C15H15F13.C13H15F9.C10H12F6.C10H16F4.2C10H15F3.CF4/c2*1-5-6(2)8-3-7(5)4-9(8)10(16,17)11(18,19)12(20,21)13(22,23)14(24,25)15(26,27)28;1-5-6(2)8-3-7(5)4-9(8)10(14,15)11(16,17)12(18,19)13(20,21)22;1-4-5(2)7-3-6(4)8(11,9(7,12)13)10(14,15)16;1-6-7(2)9(5-11)3-8(6)4-10(12,13)14;2*1-5-6(2)8-3-7(5)4-9(8)10(11,12)13;2-1(3,4)5/h2*5-9H,3-4H2,1-2H3;5-9H,3-4H2,1-2H3;4-7H,3H2,1-2H3;6-9H,3-5H2,1-2H3;2*5-9H,3-4H2,1-2H3;. The first-order chi connectivity index (χ1) is 61.2. The van der Waals surface area contributed by atoms with Crippen molar-refractivity contribution in [1.82, 2.24) is 0 Å². The van der Waals surface area contributed by atoms with Gasteiger partial charge in [0.1, 0.15) is 0 Å². The van der Waals surface area contributed by atoms with Crippen LogP contribution in [0.5, 0.6) is 0 Å². The summed E-state index contributed by atoms with van der Waals surface area (Å²) < 4.78 is 702. The molecule has 0 radical (unpaired) electrons. The largest absolute Gasteiger partial charge is 0.559 e. The lowest BCUT2D eigenvalue weighted by Crippen LogP contribution is -2.71. The molecule has 824 valence electrons. The molecule has 13 rings (SSSR count). The third kappa shape index (κ3) is 21.2. The Labute approximate surface area is 760 Å². The Morgan fingerprint density at radius 2 is 0.410 bits per heavy atom. The summed E-state index contributed by atoms with van der Waals surface area (Å²) in [5, 5.41) is 0. The summed E-state index contributed by atoms with van der Waals surface area (Å²) in [6.45, 7) is 23.4. The summed E-state index contributed by atoms with van der Waals surface area (Å²) in [6, 6.07) is 0. The zero-order valence-corrected chi connectivity index (χ0v) is 75.2. The van der Waals surface area contributed by atoms with Gasteiger partial charge in [0, 0.05) is 36.0 Å². The fourth-order valence-electron chi connectivity index (χ4n) is 25.2. The molecule has 0 N–H and O–H groups in total. The Hall–Kier alpha value is -3.85. The molecule has 0 nitrogen and oxygen atoms in total. The summed E-state index contributed by atoms with van der Waals surface area (Å²) in [5.74, 6) is -115. The molecule has 13 aliphatic carbocycles. The zero-order valence-electron chi connectivity index (χ0n) is 75.2. The molecular weight excluding hydrogens is 2050 g/mol. The summed E-state index contributed by atoms with van der Waals surface area (Å²) in [4.78, 5) is 0. The monoisotopic (exact) mass is 2160 g/mol. The topological polar surface area (TPSA) is 0 Å². The van der Waals surface area contributed by atoms with Crippen LogP contribution in [0.2, 0.25) is 0 Å². The predicted octanol–water partition coefficient (Wildman–Crippen LogP) is 34.7. The first-order valence-corrected chi connectivity index (χ1v) is 44.0. The van der Waals surface area contributed by atoms with E-state index in [9.17, 15) is 241 Å². The summed E-state index contributed by atoms with van der Waals surface area (Å²) >= 11 is 0. The molecule has 0 spiro atoms. The van der Waals surface area contributed by atoms with Gasteiger partial charge in [-0.15, -0.1) is 17.6 Å². The maximum Gasteiger partial charge on any atom is 0.559 e. The SMILES string of the molecule is CC1C(C)C2CC1C(F)(F)C2(F)C(F)(F)F.CC1C(CF)CC(CC(F)(F)F)C1C.CC1C2CC(C1C)C(C(F)(F)C(F)(F)C(F)(F)C(F)(F)C(F)(F)C(F)(F)F)C2.CC1C2CC(C1C)C(C(F)(F)C(F)(F)C(F)(F)C(F)(F)C(F)(F)C(F)(F)F)C2.CC1C2CC(C1C)C(C(F)(F)C(F)(F)C(F)(F)C(F)(F)F)C2.CC1C2CC(C1C)C(C(F)(F)F)C2.CC1C2CC(C1C)C(C(F)(F)F)C2.FC(F)(F)F. The molecule has 13 aliphatic rings. The van der Waals surface area contributed by atoms with Gasteiger partial charge in [-0.25, -0.2) is 13.2 Å². The molecule has 13 saturated carbocycles. The van der Waals surface area contributed by atoms with Gasteiger partial charge in [0.05, 0.1) is 18.5 Å². The molecule has 139 heavy (non-hydrogen) atoms. The number of hydrogen-bond acceptors (Lipinski definition) is 0. The van der Waals surface area contributed by atoms with Gasteiger partial charge >= 0.3 is 127 Å². The lowest BCUT2D eigenvalue weighted by molar-refractivity contribution is -0.444. The van der Waals surface area contributed by atoms with E-state index in [0.717, 1.165) is 12.8 Å². The van der Waals surface area contributed by atoms with Crippen LogP contribution in [0, 0.1) is 195 Å². The highest BCUT2D eigenvalue weighted by atomic mass is 19.5. The fraction of sp³-hybridized carbons (Fsp3) is 1.00. The van der Waals surface area contributed by atoms with E-state index in [0.29, 0.717) is 42.9 Å². The van der Waals surface area contributed by atoms with Crippen LogP contribution in [0.1, 0.15) is 180 Å². The lowest BCUT2D eigenvalue weighted by atomic mass is 9.71. The van der Waals surface area contributed by atoms with Gasteiger partial charge in [-0.3, -0.25) is 4.39 Å². The molecule has 55 heteroatoms. The van der Waals surface area contributed by atoms with E-state index in [-0.39, 0.29) is 96.7 Å². The number of alkyl halides is 55. The van der Waals surface area contributed by atoms with Crippen LogP contribution in [0.15, 0.2) is 0 Å². The molecule has 34 unspecified atom stereocenters. The molecule has 0 aromatic rings. The smallest absolute Gasteiger partial charge is 0.251 e. The van der Waals surface area contributed by atoms with Crippen LogP contribution in [-0.4, -0.2) is 145 Å². The first kappa shape index (κ1) is 124. The number of halogens is 55. The zero-order chi connectivity index (χ0) is 109. The molecule has 0 aromatic carbocycles. The summed E-state index contributed by atoms with van der Waals surface area (Å²) in [5.41, 5.74) is -4.34. The van der Waals surface area contributed by atoms with Crippen molar-refractivity contribution >= 4 is 0 Å². The molecule has 13 fully saturated rings. The minimum Gasteiger partial charge on any atom is -0.251 e. The highest BCUT2D eigenvalue weighted by molar-refractivity contribution is 5.21. The Bertz CT molecular complexity index is 3840. The predicted molar refractivity (Wildman–Crippen MR) is 383 cm³/mol. The molecule has 0 aromatic heterocycles. The fourth-order valence-corrected chi connectivity index (χ4v) is 25.2. The van der Waals surface area contributed by atoms with Gasteiger partial charge < -0.3 is 0 Å². The van der Waals surface area contributed by atoms with Crippen LogP contribution in [0.25, 0.3) is 0 Å². The minimum atomic E-state index is -7.82. The van der Waals surface area contributed by atoms with Crippen LogP contribution in [0.4, 0.5) is 241 Å². The maximum absolute atomic E-state index is 14.3. The van der Waals surface area contributed by atoms with E-state index in [2.05, 4.69) is 13.8 Å². The first-order valence-electron chi connectivity index (χ1n) is 44.0. The van der Waals surface area contributed by atoms with Crippen molar-refractivity contribution < 1.29 is 241 Å². The van der Waals surface area contributed by atoms with Crippen molar-refractivity contribution in [1.29, 1.82) is 0 Å². The van der Waals surface area contributed by atoms with Gasteiger partial charge in [0.2, 0.25) is 0 Å². The van der Waals surface area contributed by atoms with Crippen molar-refractivity contribution in [2.75, 3.05) is 6.67 Å². The molecule has 0 heterocycles. The Morgan fingerprint density at radius 1 is 0.209 bits per heavy atom. The average molecular weight is 2160 g/mol. The van der Waals surface area contributed by atoms with E-state index in [4.69, 9.17) is 0 Å². The second-order valence-corrected chi connectivity index (χ2v) is 41.2. The molecule has 0 aliphatic heterocycles. The van der Waals surface area contributed by atoms with Crippen molar-refractivity contribution in [2.24, 2.45) is 195 Å². The van der Waals surface area contributed by atoms with Crippen LogP contribution < -0.4 is 0 Å². The van der Waals surface area contributed by atoms with E-state index in [1.807, 2.05) is 20.8 Å². The van der Waals surface area contributed by atoms with Crippen molar-refractivity contribution in [3.8, 4) is 0 Å². The van der Waals surface area contributed by atoms with Gasteiger partial charge in [0.25, 0.3) is 11.6 Å². The quantitative estimate of drug-likeness (QED) is 0.143. The van der Waals surface area contributed by atoms with Crippen LogP contribution in [-0.2, 0) is 0 Å². The van der Waals surface area contributed by atoms with Crippen LogP contribution >= 0.6 is 0 Å². The van der Waals surface area contributed by atoms with E-state index in [1.54, 1.807) is 27.7 Å². The Balaban J connectivity index is 0.000000251. The molecule has 0 saturated heterocycles. The van der Waals surface area contributed by atoms with E-state index >= 15 is 0 Å². The summed E-state index contributed by atoms with van der Waals surface area (Å²) in [7, 11) is 0. The minimum absolute atomic E-state index is 0.0163. The number of fused-ring (bicyclic) bond motifs is 12. The van der Waals surface area contributed by atoms with Gasteiger partial charge in [-0.05, 0) is 231 Å². The molecule has 12 bridgehead atoms. The highest BCUT2D eigenvalue weighted by Gasteiger charge is 2.95. The van der Waals surface area contributed by atoms with Crippen molar-refractivity contribution in [3.63, 3.8) is 0 Å². The highest BCUT2D eigenvalue weighted by Crippen LogP contribution is 2.74. The molecular formula is C84H103F55. The Morgan fingerprint density at radius 3 is 0.597 bits per heavy atom. The molecule has 34 atom stereocenters. The lowest BCUT2D eigenvalue weighted by Gasteiger charge is -2.44. The average Bonchev–Trinajstić information content (AvgIpc) is 1.22. The van der Waals surface area contributed by atoms with Crippen molar-refractivity contribution in [3.05, 3.63) is 0 Å². The normalized spacial score (nSPS) is 38.7. The third-order valence-corrected chi connectivity index (χ3v) is 34.9. The van der Waals surface area contributed by atoms with E-state index < -0.39 is 271 Å². The maximum atomic E-state index is 14.3. The van der Waals surface area contributed by atoms with Crippen LogP contribution in [0.3, 0.4) is 0 Å². The summed E-state index contributed by atoms with van der Waals surface area (Å²) in [6.07, 6.45) is -44.8. The second-order valence-electron chi connectivity index (χ2n) is 41.2. The number of rotatable bonds is 15. The van der Waals surface area contributed by atoms with Crippen molar-refractivity contribution in [2.45, 2.75) is 319 Å². The van der Waals surface area contributed by atoms with E-state index in [1.165, 1.54) is 34.6 Å². The van der Waals surface area contributed by atoms with Gasteiger partial charge in [-0.2, -0.15) is 206 Å². The third-order valence-electron chi connectivity index (χ3n) is 34.9.